The number of fused-ring (bicyclic) bond motifs is 1. The third-order valence-corrected chi connectivity index (χ3v) is 8.55. The second-order valence-corrected chi connectivity index (χ2v) is 14.6. The highest BCUT2D eigenvalue weighted by molar-refractivity contribution is 7.91. The van der Waals surface area contributed by atoms with E-state index in [4.69, 9.17) is 10.7 Å². The second-order valence-electron chi connectivity index (χ2n) is 13.5. The third kappa shape index (κ3) is 9.30. The molecule has 1 saturated carbocycles. The van der Waals surface area contributed by atoms with Crippen molar-refractivity contribution in [2.75, 3.05) is 17.5 Å². The van der Waals surface area contributed by atoms with Gasteiger partial charge >= 0.3 is 0 Å². The van der Waals surface area contributed by atoms with E-state index in [1.807, 2.05) is 20.8 Å². The number of nitrogens with one attached hydrogen (secondary N) is 2. The molecule has 1 fully saturated rings. The lowest BCUT2D eigenvalue weighted by atomic mass is 9.94. The summed E-state index contributed by atoms with van der Waals surface area (Å²) in [5, 5.41) is 11.2. The first kappa shape index (κ1) is 39.1. The molecular formula is C36H36F6N8O2S. The van der Waals surface area contributed by atoms with E-state index >= 15 is 0 Å². The third-order valence-electron chi connectivity index (χ3n) is 8.08. The summed E-state index contributed by atoms with van der Waals surface area (Å²) in [6.45, 7) is 6.54. The fraction of sp³-hybridized carbons (Fsp3) is 0.361. The average Bonchev–Trinajstić information content (AvgIpc) is 3.61. The molecule has 0 radical (unpaired) electrons. The van der Waals surface area contributed by atoms with Gasteiger partial charge in [-0.25, -0.2) is 22.5 Å². The van der Waals surface area contributed by atoms with Crippen LogP contribution < -0.4 is 15.8 Å². The molecule has 1 amide bonds. The van der Waals surface area contributed by atoms with Crippen molar-refractivity contribution in [2.24, 2.45) is 16.1 Å². The van der Waals surface area contributed by atoms with Gasteiger partial charge in [-0.2, -0.15) is 13.5 Å². The molecule has 1 aromatic carbocycles. The molecule has 3 aromatic heterocycles. The van der Waals surface area contributed by atoms with Crippen LogP contribution in [0.2, 0.25) is 0 Å². The number of carbonyl (C=O) groups is 1. The monoisotopic (exact) mass is 758 g/mol. The number of nitrogens with two attached hydrogens (primary N) is 1. The van der Waals surface area contributed by atoms with Crippen LogP contribution in [0.5, 0.6) is 0 Å². The minimum absolute atomic E-state index is 0.115. The molecular weight excluding hydrogens is 723 g/mol. The van der Waals surface area contributed by atoms with E-state index in [2.05, 4.69) is 37.1 Å². The number of rotatable bonds is 10. The minimum atomic E-state index is -3.60. The second kappa shape index (κ2) is 15.5. The van der Waals surface area contributed by atoms with Crippen LogP contribution in [0, 0.1) is 35.8 Å². The maximum atomic E-state index is 14.8. The standard InChI is InChI=1S/C36H36F6N8O2S/c1-19-6-8-25(33-47-48-34(50(19)33)49-53(5)52)24-9-7-23(10-12-35(2,3)4)45-30(24)27(16-20-14-21(37)17-22(38)15-20)46-28(51)18-44-31-26(29(43)32(39)40)11-13-36(31,41)42/h6-9,14-15,17,27,32H,11,13,16,18,43H2,1-5H3,(H,46,51)(H,48,49). The van der Waals surface area contributed by atoms with Gasteiger partial charge in [-0.15, -0.1) is 10.2 Å². The Kier molecular flexibility index (Phi) is 11.4. The number of carbonyl (C=O) groups excluding carboxylic acids is 1. The fourth-order valence-electron chi connectivity index (χ4n) is 5.77. The zero-order chi connectivity index (χ0) is 38.8. The summed E-state index contributed by atoms with van der Waals surface area (Å²) >= 11 is -1.50. The van der Waals surface area contributed by atoms with E-state index < -0.39 is 89.1 Å². The van der Waals surface area contributed by atoms with Crippen molar-refractivity contribution in [1.82, 2.24) is 24.9 Å². The largest absolute Gasteiger partial charge is 0.593 e. The molecule has 280 valence electrons. The van der Waals surface area contributed by atoms with Crippen LogP contribution >= 0.6 is 0 Å². The van der Waals surface area contributed by atoms with Crippen LogP contribution in [0.15, 0.2) is 58.7 Å². The van der Waals surface area contributed by atoms with Crippen LogP contribution in [0.4, 0.5) is 32.3 Å². The number of benzene rings is 1. The Balaban J connectivity index is 1.67. The summed E-state index contributed by atoms with van der Waals surface area (Å²) in [7, 11) is 0. The SMILES string of the molecule is Cc1ccc(-c2ccc(C#CC(C)(C)C)nc2C(Cc2cc(F)cc(F)c2)NC(=O)CN=C2C(=C(N)C(F)F)CCC2(F)F)c2nnc(N[S+](C)[O-])n12. The first-order chi connectivity index (χ1) is 24.8. The number of anilines is 1. The molecule has 17 heteroatoms. The molecule has 5 rings (SSSR count). The molecule has 4 N–H and O–H groups in total. The lowest BCUT2D eigenvalue weighted by Crippen LogP contribution is -2.34. The summed E-state index contributed by atoms with van der Waals surface area (Å²) in [4.78, 5) is 22.1. The van der Waals surface area contributed by atoms with Gasteiger partial charge in [-0.3, -0.25) is 14.2 Å². The van der Waals surface area contributed by atoms with Crippen molar-refractivity contribution in [2.45, 2.75) is 65.3 Å². The number of nitrogens with zero attached hydrogens (tertiary/aromatic N) is 5. The first-order valence-electron chi connectivity index (χ1n) is 16.3. The van der Waals surface area contributed by atoms with Gasteiger partial charge in [0.1, 0.15) is 35.8 Å². The van der Waals surface area contributed by atoms with Crippen molar-refractivity contribution in [3.05, 3.63) is 88.0 Å². The highest BCUT2D eigenvalue weighted by Crippen LogP contribution is 2.38. The van der Waals surface area contributed by atoms with E-state index in [-0.39, 0.29) is 29.3 Å². The Morgan fingerprint density at radius 3 is 2.43 bits per heavy atom. The van der Waals surface area contributed by atoms with Crippen molar-refractivity contribution >= 4 is 34.6 Å². The summed E-state index contributed by atoms with van der Waals surface area (Å²) < 4.78 is 102. The Morgan fingerprint density at radius 2 is 1.79 bits per heavy atom. The molecule has 2 unspecified atom stereocenters. The van der Waals surface area contributed by atoms with Crippen LogP contribution in [0.3, 0.4) is 0 Å². The van der Waals surface area contributed by atoms with Gasteiger partial charge < -0.3 is 15.6 Å². The highest BCUT2D eigenvalue weighted by Gasteiger charge is 2.45. The van der Waals surface area contributed by atoms with Gasteiger partial charge in [0.25, 0.3) is 18.3 Å². The summed E-state index contributed by atoms with van der Waals surface area (Å²) in [6.07, 6.45) is -3.29. The Labute approximate surface area is 304 Å². The topological polar surface area (TPSA) is 146 Å². The van der Waals surface area contributed by atoms with E-state index in [9.17, 15) is 35.7 Å². The normalized spacial score (nSPS) is 17.1. The molecule has 0 saturated heterocycles. The number of alkyl halides is 4. The van der Waals surface area contributed by atoms with Crippen LogP contribution in [0.25, 0.3) is 16.8 Å². The van der Waals surface area contributed by atoms with Gasteiger partial charge in [-0.05, 0) is 88.4 Å². The summed E-state index contributed by atoms with van der Waals surface area (Å²) in [5.41, 5.74) is 4.80. The molecule has 3 heterocycles. The van der Waals surface area contributed by atoms with E-state index in [1.165, 1.54) is 6.26 Å². The van der Waals surface area contributed by atoms with Crippen LogP contribution in [0.1, 0.15) is 62.3 Å². The van der Waals surface area contributed by atoms with Crippen molar-refractivity contribution in [3.63, 3.8) is 0 Å². The highest BCUT2D eigenvalue weighted by atomic mass is 32.2. The van der Waals surface area contributed by atoms with Gasteiger partial charge in [0.15, 0.2) is 5.65 Å². The number of hydrogen-bond donors (Lipinski definition) is 3. The van der Waals surface area contributed by atoms with E-state index in [0.29, 0.717) is 28.5 Å². The van der Waals surface area contributed by atoms with Gasteiger partial charge in [0.2, 0.25) is 5.91 Å². The van der Waals surface area contributed by atoms with Gasteiger partial charge in [-0.1, -0.05) is 5.92 Å². The summed E-state index contributed by atoms with van der Waals surface area (Å²) in [6, 6.07) is 8.42. The molecule has 4 aromatic rings. The number of aromatic nitrogens is 4. The van der Waals surface area contributed by atoms with E-state index in [0.717, 1.165) is 12.1 Å². The summed E-state index contributed by atoms with van der Waals surface area (Å²) in [5.74, 6) is -0.0126. The fourth-order valence-corrected chi connectivity index (χ4v) is 6.16. The Bertz CT molecular complexity index is 2150. The number of amides is 1. The van der Waals surface area contributed by atoms with Crippen molar-refractivity contribution < 1.29 is 35.7 Å². The number of aryl methyl sites for hydroxylation is 1. The zero-order valence-corrected chi connectivity index (χ0v) is 30.1. The number of hydrogen-bond acceptors (Lipinski definition) is 8. The molecule has 10 nitrogen and oxygen atoms in total. The molecule has 53 heavy (non-hydrogen) atoms. The number of halogens is 6. The first-order valence-corrected chi connectivity index (χ1v) is 17.8. The Hall–Kier alpha value is -5.08. The molecule has 1 aliphatic carbocycles. The number of aliphatic imine (C=N–C) groups is 1. The quantitative estimate of drug-likeness (QED) is 0.0988. The lowest BCUT2D eigenvalue weighted by molar-refractivity contribution is -0.120. The van der Waals surface area contributed by atoms with E-state index in [1.54, 1.807) is 35.6 Å². The predicted molar refractivity (Wildman–Crippen MR) is 190 cm³/mol. The molecule has 0 bridgehead atoms. The zero-order valence-electron chi connectivity index (χ0n) is 29.3. The number of pyridine rings is 2. The van der Waals surface area contributed by atoms with Crippen LogP contribution in [-0.4, -0.2) is 60.9 Å². The minimum Gasteiger partial charge on any atom is -0.593 e. The van der Waals surface area contributed by atoms with Gasteiger partial charge in [0, 0.05) is 40.3 Å². The van der Waals surface area contributed by atoms with Crippen molar-refractivity contribution in [3.8, 4) is 23.0 Å². The molecule has 2 atom stereocenters. The average molecular weight is 759 g/mol. The maximum Gasteiger partial charge on any atom is 0.289 e. The van der Waals surface area contributed by atoms with Crippen LogP contribution in [-0.2, 0) is 22.6 Å². The van der Waals surface area contributed by atoms with Gasteiger partial charge in [0.05, 0.1) is 28.8 Å². The molecule has 0 aliphatic heterocycles. The van der Waals surface area contributed by atoms with Crippen molar-refractivity contribution in [1.29, 1.82) is 0 Å². The maximum absolute atomic E-state index is 14.8. The smallest absolute Gasteiger partial charge is 0.289 e. The number of allylic oxidation sites excluding steroid dienone is 2. The molecule has 0 spiro atoms. The predicted octanol–water partition coefficient (Wildman–Crippen LogP) is 6.23. The lowest BCUT2D eigenvalue weighted by Gasteiger charge is -2.22. The Morgan fingerprint density at radius 1 is 1.11 bits per heavy atom. The molecule has 1 aliphatic rings.